The van der Waals surface area contributed by atoms with Crippen molar-refractivity contribution in [3.63, 3.8) is 0 Å². The van der Waals surface area contributed by atoms with E-state index in [0.717, 1.165) is 12.8 Å². The highest BCUT2D eigenvalue weighted by molar-refractivity contribution is 7.88. The van der Waals surface area contributed by atoms with Gasteiger partial charge in [0.2, 0.25) is 15.9 Å². The van der Waals surface area contributed by atoms with Crippen molar-refractivity contribution >= 4 is 10.0 Å². The van der Waals surface area contributed by atoms with Gasteiger partial charge in [0.1, 0.15) is 0 Å². The van der Waals surface area contributed by atoms with Crippen molar-refractivity contribution in [2.45, 2.75) is 45.7 Å². The normalized spacial score (nSPS) is 25.9. The van der Waals surface area contributed by atoms with Gasteiger partial charge in [-0.05, 0) is 26.2 Å². The third kappa shape index (κ3) is 4.02. The second-order valence-electron chi connectivity index (χ2n) is 5.75. The summed E-state index contributed by atoms with van der Waals surface area (Å²) in [6.07, 6.45) is 3.00. The summed E-state index contributed by atoms with van der Waals surface area (Å²) in [5.41, 5.74) is 0. The Kier molecular flexibility index (Phi) is 5.00. The molecule has 120 valence electrons. The number of piperidine rings is 1. The van der Waals surface area contributed by atoms with Crippen LogP contribution in [-0.4, -0.2) is 48.3 Å². The quantitative estimate of drug-likeness (QED) is 0.875. The van der Waals surface area contributed by atoms with Crippen LogP contribution in [0.3, 0.4) is 0 Å². The van der Waals surface area contributed by atoms with Crippen LogP contribution in [0, 0.1) is 12.8 Å². The number of hydrogen-bond acceptors (Lipinski definition) is 6. The lowest BCUT2D eigenvalue weighted by Crippen LogP contribution is -2.51. The van der Waals surface area contributed by atoms with E-state index in [9.17, 15) is 8.42 Å². The maximum absolute atomic E-state index is 11.7. The molecular formula is C13H24N4O3S. The van der Waals surface area contributed by atoms with Gasteiger partial charge in [0.15, 0.2) is 5.82 Å². The Morgan fingerprint density at radius 1 is 1.52 bits per heavy atom. The predicted molar refractivity (Wildman–Crippen MR) is 79.2 cm³/mol. The highest BCUT2D eigenvalue weighted by Crippen LogP contribution is 2.24. The molecule has 0 aliphatic carbocycles. The van der Waals surface area contributed by atoms with Gasteiger partial charge in [-0.3, -0.25) is 0 Å². The molecule has 0 unspecified atom stereocenters. The Labute approximate surface area is 126 Å². The summed E-state index contributed by atoms with van der Waals surface area (Å²) in [6.45, 7) is 7.00. The van der Waals surface area contributed by atoms with Crippen molar-refractivity contribution in [3.8, 4) is 0 Å². The Morgan fingerprint density at radius 3 is 2.76 bits per heavy atom. The predicted octanol–water partition coefficient (Wildman–Crippen LogP) is 1.09. The summed E-state index contributed by atoms with van der Waals surface area (Å²) >= 11 is 0. The minimum Gasteiger partial charge on any atom is -0.338 e. The molecule has 2 rings (SSSR count). The highest BCUT2D eigenvalue weighted by Gasteiger charge is 2.33. The second kappa shape index (κ2) is 6.41. The average Bonchev–Trinajstić information content (AvgIpc) is 2.84. The van der Waals surface area contributed by atoms with Crippen LogP contribution in [0.1, 0.15) is 44.4 Å². The van der Waals surface area contributed by atoms with Gasteiger partial charge in [-0.2, -0.15) is 4.98 Å². The molecule has 7 nitrogen and oxygen atoms in total. The Morgan fingerprint density at radius 2 is 2.24 bits per heavy atom. The van der Waals surface area contributed by atoms with Crippen molar-refractivity contribution in [2.24, 2.45) is 5.92 Å². The molecule has 1 aromatic rings. The molecule has 0 bridgehead atoms. The number of hydrogen-bond donors (Lipinski definition) is 1. The first-order chi connectivity index (χ1) is 9.81. The van der Waals surface area contributed by atoms with Crippen LogP contribution < -0.4 is 5.32 Å². The van der Waals surface area contributed by atoms with Gasteiger partial charge in [0.05, 0.1) is 12.3 Å². The van der Waals surface area contributed by atoms with E-state index in [2.05, 4.69) is 22.4 Å². The van der Waals surface area contributed by atoms with Crippen molar-refractivity contribution in [2.75, 3.05) is 19.3 Å². The molecule has 1 fully saturated rings. The zero-order chi connectivity index (χ0) is 15.6. The summed E-state index contributed by atoms with van der Waals surface area (Å²) in [6, 6.07) is 0.227. The highest BCUT2D eigenvalue weighted by atomic mass is 32.2. The van der Waals surface area contributed by atoms with Gasteiger partial charge < -0.3 is 9.84 Å². The van der Waals surface area contributed by atoms with Gasteiger partial charge in [0.25, 0.3) is 0 Å². The van der Waals surface area contributed by atoms with Crippen LogP contribution in [0.4, 0.5) is 0 Å². The zero-order valence-electron chi connectivity index (χ0n) is 13.0. The fourth-order valence-electron chi connectivity index (χ4n) is 2.81. The minimum absolute atomic E-state index is 0.0324. The number of nitrogens with one attached hydrogen (secondary N) is 1. The van der Waals surface area contributed by atoms with Crippen LogP contribution in [0.15, 0.2) is 4.52 Å². The molecule has 3 atom stereocenters. The molecular weight excluding hydrogens is 292 g/mol. The fourth-order valence-corrected chi connectivity index (χ4v) is 3.71. The minimum atomic E-state index is -3.10. The summed E-state index contributed by atoms with van der Waals surface area (Å²) in [4.78, 5) is 4.23. The Balaban J connectivity index is 2.00. The number of nitrogens with zero attached hydrogens (tertiary/aromatic N) is 3. The topological polar surface area (TPSA) is 88.3 Å². The summed E-state index contributed by atoms with van der Waals surface area (Å²) < 4.78 is 30.1. The molecule has 21 heavy (non-hydrogen) atoms. The molecule has 2 heterocycles. The van der Waals surface area contributed by atoms with Crippen LogP contribution in [-0.2, 0) is 10.0 Å². The lowest BCUT2D eigenvalue weighted by molar-refractivity contribution is 0.185. The van der Waals surface area contributed by atoms with Gasteiger partial charge >= 0.3 is 0 Å². The monoisotopic (exact) mass is 316 g/mol. The summed E-state index contributed by atoms with van der Waals surface area (Å²) in [5, 5.41) is 7.30. The number of aryl methyl sites for hydroxylation is 1. The second-order valence-corrected chi connectivity index (χ2v) is 7.74. The molecule has 1 aliphatic heterocycles. The Hall–Kier alpha value is -0.990. The smallest absolute Gasteiger partial charge is 0.243 e. The van der Waals surface area contributed by atoms with E-state index in [4.69, 9.17) is 4.52 Å². The summed E-state index contributed by atoms with van der Waals surface area (Å²) in [5.74, 6) is 1.49. The molecule has 0 radical (unpaired) electrons. The number of rotatable bonds is 5. The maximum Gasteiger partial charge on any atom is 0.243 e. The molecule has 0 amide bonds. The largest absolute Gasteiger partial charge is 0.338 e. The third-order valence-corrected chi connectivity index (χ3v) is 5.34. The summed E-state index contributed by atoms with van der Waals surface area (Å²) in [7, 11) is -3.10. The molecule has 1 aliphatic rings. The van der Waals surface area contributed by atoms with Crippen molar-refractivity contribution in [1.82, 2.24) is 19.8 Å². The first kappa shape index (κ1) is 16.4. The lowest BCUT2D eigenvalue weighted by Gasteiger charge is -2.38. The molecule has 8 heteroatoms. The first-order valence-corrected chi connectivity index (χ1v) is 9.17. The zero-order valence-corrected chi connectivity index (χ0v) is 13.9. The van der Waals surface area contributed by atoms with Crippen molar-refractivity contribution in [1.29, 1.82) is 0 Å². The van der Waals surface area contributed by atoms with E-state index in [1.807, 2.05) is 6.92 Å². The molecule has 1 aromatic heterocycles. The third-order valence-electron chi connectivity index (χ3n) is 4.07. The van der Waals surface area contributed by atoms with Crippen molar-refractivity contribution in [3.05, 3.63) is 11.7 Å². The molecule has 1 N–H and O–H groups in total. The average molecular weight is 316 g/mol. The van der Waals surface area contributed by atoms with Gasteiger partial charge in [0, 0.05) is 19.1 Å². The lowest BCUT2D eigenvalue weighted by atomic mass is 9.90. The van der Waals surface area contributed by atoms with E-state index < -0.39 is 10.0 Å². The van der Waals surface area contributed by atoms with Crippen LogP contribution in [0.5, 0.6) is 0 Å². The molecule has 0 spiro atoms. The number of aromatic nitrogens is 2. The molecule has 0 saturated carbocycles. The molecule has 1 saturated heterocycles. The van der Waals surface area contributed by atoms with E-state index in [0.29, 0.717) is 30.7 Å². The van der Waals surface area contributed by atoms with Gasteiger partial charge in [-0.1, -0.05) is 18.5 Å². The Bertz CT molecular complexity index is 572. The van der Waals surface area contributed by atoms with Crippen LogP contribution in [0.25, 0.3) is 0 Å². The van der Waals surface area contributed by atoms with Crippen LogP contribution in [0.2, 0.25) is 0 Å². The van der Waals surface area contributed by atoms with E-state index in [1.165, 1.54) is 6.26 Å². The SMILES string of the molecule is CC[C@@H]1CN(S(C)(=O)=O)CC[C@@H]1N[C@H](C)c1nc(C)no1. The van der Waals surface area contributed by atoms with Gasteiger partial charge in [-0.15, -0.1) is 0 Å². The van der Waals surface area contributed by atoms with Gasteiger partial charge in [-0.25, -0.2) is 12.7 Å². The standard InChI is InChI=1S/C13H24N4O3S/c1-5-11-8-17(21(4,18)19)7-6-12(11)14-9(2)13-15-10(3)16-20-13/h9,11-12,14H,5-8H2,1-4H3/t9-,11-,12+/m1/s1. The van der Waals surface area contributed by atoms with Crippen LogP contribution >= 0.6 is 0 Å². The van der Waals surface area contributed by atoms with Crippen molar-refractivity contribution < 1.29 is 12.9 Å². The first-order valence-electron chi connectivity index (χ1n) is 7.32. The fraction of sp³-hybridized carbons (Fsp3) is 0.846. The van der Waals surface area contributed by atoms with E-state index >= 15 is 0 Å². The maximum atomic E-state index is 11.7. The molecule has 0 aromatic carbocycles. The van der Waals surface area contributed by atoms with E-state index in [-0.39, 0.29) is 12.1 Å². The van der Waals surface area contributed by atoms with E-state index in [1.54, 1.807) is 11.2 Å². The number of sulfonamides is 1.